The highest BCUT2D eigenvalue weighted by Crippen LogP contribution is 2.37. The summed E-state index contributed by atoms with van der Waals surface area (Å²) in [5.41, 5.74) is 1.34. The zero-order valence-electron chi connectivity index (χ0n) is 19.9. The first-order chi connectivity index (χ1) is 16.4. The molecule has 1 saturated heterocycles. The van der Waals surface area contributed by atoms with Gasteiger partial charge in [0, 0.05) is 46.8 Å². The number of nitrogens with one attached hydrogen (secondary N) is 1. The molecule has 1 aliphatic heterocycles. The van der Waals surface area contributed by atoms with Gasteiger partial charge in [0.15, 0.2) is 5.82 Å². The fraction of sp³-hybridized carbons (Fsp3) is 0.609. The summed E-state index contributed by atoms with van der Waals surface area (Å²) in [6, 6.07) is 1.04. The molecule has 2 aromatic heterocycles. The number of ether oxygens (including phenoxy) is 1. The highest BCUT2D eigenvalue weighted by molar-refractivity contribution is 7.91. The Hall–Kier alpha value is -2.63. The summed E-state index contributed by atoms with van der Waals surface area (Å²) in [5.74, 6) is -1.49. The van der Waals surface area contributed by atoms with Gasteiger partial charge in [-0.05, 0) is 46.5 Å². The average molecular weight is 515 g/mol. The number of carbonyl (C=O) groups excluding carboxylic acids is 1. The van der Waals surface area contributed by atoms with Crippen LogP contribution in [0.4, 0.5) is 13.2 Å². The Balaban J connectivity index is 1.60. The van der Waals surface area contributed by atoms with Gasteiger partial charge in [0.2, 0.25) is 11.8 Å². The number of hydrogen-bond acceptors (Lipinski definition) is 6. The predicted octanol–water partition coefficient (Wildman–Crippen LogP) is 3.45. The maximum absolute atomic E-state index is 14.7. The van der Waals surface area contributed by atoms with E-state index in [1.54, 1.807) is 4.68 Å². The van der Waals surface area contributed by atoms with Gasteiger partial charge in [0.1, 0.15) is 9.84 Å². The van der Waals surface area contributed by atoms with Gasteiger partial charge in [-0.15, -0.1) is 0 Å². The van der Waals surface area contributed by atoms with Crippen molar-refractivity contribution in [1.29, 1.82) is 0 Å². The molecule has 0 unspecified atom stereocenters. The molecule has 0 saturated carbocycles. The molecule has 35 heavy (non-hydrogen) atoms. The second-order valence-electron chi connectivity index (χ2n) is 9.83. The number of amides is 1. The Morgan fingerprint density at radius 3 is 2.60 bits per heavy atom. The van der Waals surface area contributed by atoms with Crippen molar-refractivity contribution >= 4 is 15.7 Å². The molecule has 2 aliphatic rings. The van der Waals surface area contributed by atoms with Gasteiger partial charge >= 0.3 is 6.61 Å². The van der Waals surface area contributed by atoms with Crippen molar-refractivity contribution in [3.63, 3.8) is 0 Å². The summed E-state index contributed by atoms with van der Waals surface area (Å²) in [4.78, 5) is 16.7. The lowest BCUT2D eigenvalue weighted by Gasteiger charge is -2.36. The molecule has 2 aromatic rings. The van der Waals surface area contributed by atoms with Gasteiger partial charge in [0.25, 0.3) is 0 Å². The molecule has 3 heterocycles. The lowest BCUT2D eigenvalue weighted by atomic mass is 9.84. The first-order valence-corrected chi connectivity index (χ1v) is 13.4. The minimum Gasteiger partial charge on any atom is -0.417 e. The second kappa shape index (κ2) is 9.44. The molecule has 8 nitrogen and oxygen atoms in total. The molecule has 1 fully saturated rings. The van der Waals surface area contributed by atoms with E-state index in [0.717, 1.165) is 23.5 Å². The average Bonchev–Trinajstić information content (AvgIpc) is 3.16. The van der Waals surface area contributed by atoms with Crippen LogP contribution in [0.5, 0.6) is 5.88 Å². The smallest absolute Gasteiger partial charge is 0.388 e. The molecule has 192 valence electrons. The summed E-state index contributed by atoms with van der Waals surface area (Å²) in [5, 5.41) is 7.66. The normalized spacial score (nSPS) is 21.1. The highest BCUT2D eigenvalue weighted by Gasteiger charge is 2.38. The lowest BCUT2D eigenvalue weighted by Crippen LogP contribution is -2.53. The number of aromatic nitrogens is 3. The summed E-state index contributed by atoms with van der Waals surface area (Å²) in [6.45, 7) is 2.61. The molecule has 1 amide bonds. The van der Waals surface area contributed by atoms with Crippen LogP contribution in [-0.4, -0.2) is 52.7 Å². The van der Waals surface area contributed by atoms with Gasteiger partial charge in [-0.25, -0.2) is 17.8 Å². The highest BCUT2D eigenvalue weighted by atomic mass is 32.2. The summed E-state index contributed by atoms with van der Waals surface area (Å²) >= 11 is 0. The third-order valence-electron chi connectivity index (χ3n) is 6.81. The Bertz CT molecular complexity index is 1220. The molecule has 12 heteroatoms. The van der Waals surface area contributed by atoms with Gasteiger partial charge in [-0.3, -0.25) is 9.48 Å². The number of fused-ring (bicyclic) bond motifs is 1. The molecular formula is C23H29F3N4O4S. The van der Waals surface area contributed by atoms with Crippen LogP contribution in [-0.2, 0) is 27.5 Å². The van der Waals surface area contributed by atoms with Crippen molar-refractivity contribution in [3.8, 4) is 17.1 Å². The number of nitrogens with zero attached hydrogens (tertiary/aromatic N) is 3. The number of rotatable bonds is 6. The van der Waals surface area contributed by atoms with Crippen LogP contribution in [0.2, 0.25) is 0 Å². The number of halogens is 3. The van der Waals surface area contributed by atoms with Gasteiger partial charge in [-0.2, -0.15) is 13.9 Å². The number of hydrogen-bond donors (Lipinski definition) is 1. The fourth-order valence-electron chi connectivity index (χ4n) is 4.77. The van der Waals surface area contributed by atoms with Crippen LogP contribution in [0, 0.1) is 11.7 Å². The number of pyridine rings is 1. The summed E-state index contributed by atoms with van der Waals surface area (Å²) in [7, 11) is -3.06. The zero-order valence-corrected chi connectivity index (χ0v) is 20.7. The van der Waals surface area contributed by atoms with Crippen LogP contribution < -0.4 is 10.1 Å². The van der Waals surface area contributed by atoms with E-state index in [1.165, 1.54) is 0 Å². The van der Waals surface area contributed by atoms with Gasteiger partial charge in [-0.1, -0.05) is 0 Å². The largest absolute Gasteiger partial charge is 0.417 e. The van der Waals surface area contributed by atoms with E-state index in [0.29, 0.717) is 37.8 Å². The molecular weight excluding hydrogens is 485 g/mol. The van der Waals surface area contributed by atoms with Crippen LogP contribution in [0.25, 0.3) is 11.3 Å². The van der Waals surface area contributed by atoms with Gasteiger partial charge < -0.3 is 10.1 Å². The van der Waals surface area contributed by atoms with Crippen LogP contribution in [0.15, 0.2) is 12.3 Å². The summed E-state index contributed by atoms with van der Waals surface area (Å²) < 4.78 is 69.6. The minimum absolute atomic E-state index is 0.0186. The maximum Gasteiger partial charge on any atom is 0.388 e. The van der Waals surface area contributed by atoms with Crippen molar-refractivity contribution in [3.05, 3.63) is 29.3 Å². The third-order valence-corrected chi connectivity index (χ3v) is 8.46. The molecule has 0 radical (unpaired) electrons. The van der Waals surface area contributed by atoms with Crippen molar-refractivity contribution < 1.29 is 31.1 Å². The Labute approximate surface area is 202 Å². The number of carbonyl (C=O) groups is 1. The van der Waals surface area contributed by atoms with Crippen molar-refractivity contribution in [2.75, 3.05) is 11.5 Å². The van der Waals surface area contributed by atoms with Crippen LogP contribution in [0.1, 0.15) is 57.3 Å². The van der Waals surface area contributed by atoms with E-state index in [4.69, 9.17) is 0 Å². The zero-order chi connectivity index (χ0) is 25.5. The molecule has 4 rings (SSSR count). The standard InChI is InChI=1S/C23H29F3N4O4S/c1-13(2)30-18-10-14(21(31)28-23(3)6-8-35(32,33)9-7-23)4-5-15(18)20(29-30)16-11-19(34-22(25)26)27-12-17(16)24/h11-14,22H,4-10H2,1-3H3,(H,28,31)/t14-/m1/s1. The first kappa shape index (κ1) is 25.5. The molecule has 0 aromatic carbocycles. The Kier molecular flexibility index (Phi) is 6.87. The summed E-state index contributed by atoms with van der Waals surface area (Å²) in [6.07, 6.45) is 2.91. The molecule has 1 aliphatic carbocycles. The van der Waals surface area contributed by atoms with Crippen molar-refractivity contribution in [2.24, 2.45) is 5.92 Å². The number of sulfone groups is 1. The third kappa shape index (κ3) is 5.46. The Morgan fingerprint density at radius 2 is 1.97 bits per heavy atom. The van der Waals surface area contributed by atoms with E-state index in [1.807, 2.05) is 20.8 Å². The minimum atomic E-state index is -3.09. The molecule has 1 atom stereocenters. The van der Waals surface area contributed by atoms with E-state index in [9.17, 15) is 26.4 Å². The second-order valence-corrected chi connectivity index (χ2v) is 12.1. The van der Waals surface area contributed by atoms with Gasteiger partial charge in [0.05, 0.1) is 23.4 Å². The van der Waals surface area contributed by atoms with Crippen LogP contribution in [0.3, 0.4) is 0 Å². The lowest BCUT2D eigenvalue weighted by molar-refractivity contribution is -0.127. The Morgan fingerprint density at radius 1 is 1.29 bits per heavy atom. The quantitative estimate of drug-likeness (QED) is 0.634. The van der Waals surface area contributed by atoms with E-state index >= 15 is 0 Å². The van der Waals surface area contributed by atoms with Crippen molar-refractivity contribution in [2.45, 2.75) is 71.1 Å². The van der Waals surface area contributed by atoms with E-state index in [2.05, 4.69) is 20.1 Å². The molecule has 0 spiro atoms. The fourth-order valence-corrected chi connectivity index (χ4v) is 6.50. The van der Waals surface area contributed by atoms with E-state index in [-0.39, 0.29) is 34.9 Å². The topological polar surface area (TPSA) is 103 Å². The van der Waals surface area contributed by atoms with E-state index < -0.39 is 33.7 Å². The monoisotopic (exact) mass is 514 g/mol. The number of alkyl halides is 2. The first-order valence-electron chi connectivity index (χ1n) is 11.6. The van der Waals surface area contributed by atoms with Crippen molar-refractivity contribution in [1.82, 2.24) is 20.1 Å². The molecule has 0 bridgehead atoms. The maximum atomic E-state index is 14.7. The van der Waals surface area contributed by atoms with Crippen LogP contribution >= 0.6 is 0 Å². The predicted molar refractivity (Wildman–Crippen MR) is 122 cm³/mol. The molecule has 1 N–H and O–H groups in total. The SMILES string of the molecule is CC(C)n1nc(-c2cc(OC(F)F)ncc2F)c2c1C[C@H](C(=O)NC1(C)CCS(=O)(=O)CC1)CC2.